The highest BCUT2D eigenvalue weighted by Crippen LogP contribution is 2.19. The van der Waals surface area contributed by atoms with Crippen molar-refractivity contribution in [3.05, 3.63) is 71.3 Å². The Bertz CT molecular complexity index is 982. The lowest BCUT2D eigenvalue weighted by atomic mass is 10.2. The van der Waals surface area contributed by atoms with Crippen LogP contribution in [0.15, 0.2) is 58.8 Å². The lowest BCUT2D eigenvalue weighted by Gasteiger charge is -2.06. The summed E-state index contributed by atoms with van der Waals surface area (Å²) in [5.41, 5.74) is 1.11. The molecule has 0 aliphatic carbocycles. The first-order valence-electron chi connectivity index (χ1n) is 8.59. The monoisotopic (exact) mass is 398 g/mol. The highest BCUT2D eigenvalue weighted by Gasteiger charge is 2.13. The molecule has 0 amide bonds. The lowest BCUT2D eigenvalue weighted by molar-refractivity contribution is 0.0734. The second-order valence-electron chi connectivity index (χ2n) is 6.22. The first kappa shape index (κ1) is 19.8. The average Bonchev–Trinajstić information content (AvgIpc) is 3.11. The van der Waals surface area contributed by atoms with E-state index in [1.165, 1.54) is 36.0 Å². The maximum absolute atomic E-state index is 12.9. The number of aromatic nitrogens is 3. The topological polar surface area (TPSA) is 69.4 Å². The Morgan fingerprint density at radius 1 is 1.14 bits per heavy atom. The third kappa shape index (κ3) is 4.64. The standard InChI is InChI=1S/C20H19FN4O2S/c1-13(2)18-23-24-20(28-3)25(18)22-12-14-4-10-17(11-5-14)27-19(26)15-6-8-16(21)9-7-15/h4-13H,1-3H3/b22-12-. The number of nitrogens with zero attached hydrogens (tertiary/aromatic N) is 4. The van der Waals surface area contributed by atoms with E-state index in [2.05, 4.69) is 15.3 Å². The summed E-state index contributed by atoms with van der Waals surface area (Å²) in [6.45, 7) is 4.06. The molecule has 2 aromatic carbocycles. The van der Waals surface area contributed by atoms with Crippen molar-refractivity contribution in [3.8, 4) is 5.75 Å². The smallest absolute Gasteiger partial charge is 0.343 e. The maximum Gasteiger partial charge on any atom is 0.343 e. The molecule has 6 nitrogen and oxygen atoms in total. The van der Waals surface area contributed by atoms with E-state index in [4.69, 9.17) is 4.74 Å². The first-order chi connectivity index (χ1) is 13.5. The fraction of sp³-hybridized carbons (Fsp3) is 0.200. The van der Waals surface area contributed by atoms with Gasteiger partial charge in [0.2, 0.25) is 5.16 Å². The second kappa shape index (κ2) is 8.79. The van der Waals surface area contributed by atoms with Crippen LogP contribution in [0.1, 0.15) is 41.5 Å². The Kier molecular flexibility index (Phi) is 6.20. The Morgan fingerprint density at radius 2 is 1.82 bits per heavy atom. The normalized spacial score (nSPS) is 11.3. The molecular weight excluding hydrogens is 379 g/mol. The fourth-order valence-corrected chi connectivity index (χ4v) is 2.81. The van der Waals surface area contributed by atoms with Crippen LogP contribution < -0.4 is 4.74 Å². The minimum absolute atomic E-state index is 0.193. The van der Waals surface area contributed by atoms with Crippen molar-refractivity contribution in [1.82, 2.24) is 14.9 Å². The van der Waals surface area contributed by atoms with Gasteiger partial charge in [0.25, 0.3) is 0 Å². The fourth-order valence-electron chi connectivity index (χ4n) is 2.37. The largest absolute Gasteiger partial charge is 0.423 e. The molecule has 8 heteroatoms. The molecule has 0 spiro atoms. The summed E-state index contributed by atoms with van der Waals surface area (Å²) in [6.07, 6.45) is 3.62. The first-order valence-corrected chi connectivity index (χ1v) is 9.82. The number of thioether (sulfide) groups is 1. The van der Waals surface area contributed by atoms with Crippen LogP contribution in [0, 0.1) is 5.82 Å². The number of hydrogen-bond acceptors (Lipinski definition) is 6. The van der Waals surface area contributed by atoms with Gasteiger partial charge in [-0.05, 0) is 60.4 Å². The van der Waals surface area contributed by atoms with Gasteiger partial charge in [-0.3, -0.25) is 0 Å². The van der Waals surface area contributed by atoms with Gasteiger partial charge < -0.3 is 4.74 Å². The van der Waals surface area contributed by atoms with E-state index >= 15 is 0 Å². The molecule has 0 aliphatic heterocycles. The third-order valence-corrected chi connectivity index (χ3v) is 4.45. The number of benzene rings is 2. The highest BCUT2D eigenvalue weighted by atomic mass is 32.2. The molecule has 1 aromatic heterocycles. The van der Waals surface area contributed by atoms with Gasteiger partial charge in [-0.1, -0.05) is 25.6 Å². The van der Waals surface area contributed by atoms with Gasteiger partial charge in [0.1, 0.15) is 11.6 Å². The van der Waals surface area contributed by atoms with E-state index < -0.39 is 11.8 Å². The van der Waals surface area contributed by atoms with Crippen molar-refractivity contribution < 1.29 is 13.9 Å². The van der Waals surface area contributed by atoms with Crippen LogP contribution in [0.3, 0.4) is 0 Å². The number of esters is 1. The van der Waals surface area contributed by atoms with E-state index in [-0.39, 0.29) is 11.5 Å². The van der Waals surface area contributed by atoms with Gasteiger partial charge >= 0.3 is 5.97 Å². The Balaban J connectivity index is 1.71. The third-order valence-electron chi connectivity index (χ3n) is 3.83. The lowest BCUT2D eigenvalue weighted by Crippen LogP contribution is -2.08. The van der Waals surface area contributed by atoms with E-state index in [1.807, 2.05) is 20.1 Å². The molecule has 1 heterocycles. The SMILES string of the molecule is CSc1nnc(C(C)C)n1/N=C\c1ccc(OC(=O)c2ccc(F)cc2)cc1. The number of carbonyl (C=O) groups is 1. The summed E-state index contributed by atoms with van der Waals surface area (Å²) in [7, 11) is 0. The summed E-state index contributed by atoms with van der Waals surface area (Å²) in [6, 6.07) is 12.1. The van der Waals surface area contributed by atoms with Crippen LogP contribution in [0.25, 0.3) is 0 Å². The molecule has 0 N–H and O–H groups in total. The van der Waals surface area contributed by atoms with Crippen molar-refractivity contribution in [2.45, 2.75) is 24.9 Å². The van der Waals surface area contributed by atoms with Crippen molar-refractivity contribution in [3.63, 3.8) is 0 Å². The minimum atomic E-state index is -0.544. The Hall–Kier alpha value is -3.00. The second-order valence-corrected chi connectivity index (χ2v) is 6.99. The highest BCUT2D eigenvalue weighted by molar-refractivity contribution is 7.98. The van der Waals surface area contributed by atoms with Gasteiger partial charge in [-0.25, -0.2) is 9.18 Å². The van der Waals surface area contributed by atoms with Crippen LogP contribution in [0.4, 0.5) is 4.39 Å². The van der Waals surface area contributed by atoms with E-state index in [1.54, 1.807) is 35.2 Å². The van der Waals surface area contributed by atoms with Gasteiger partial charge in [0.15, 0.2) is 5.82 Å². The van der Waals surface area contributed by atoms with Crippen LogP contribution >= 0.6 is 11.8 Å². The van der Waals surface area contributed by atoms with Gasteiger partial charge in [0.05, 0.1) is 11.8 Å². The molecule has 0 saturated carbocycles. The zero-order chi connectivity index (χ0) is 20.1. The molecule has 28 heavy (non-hydrogen) atoms. The maximum atomic E-state index is 12.9. The minimum Gasteiger partial charge on any atom is -0.423 e. The zero-order valence-electron chi connectivity index (χ0n) is 15.7. The summed E-state index contributed by atoms with van der Waals surface area (Å²) in [5.74, 6) is 0.420. The molecule has 144 valence electrons. The predicted molar refractivity (Wildman–Crippen MR) is 107 cm³/mol. The number of ether oxygens (including phenoxy) is 1. The van der Waals surface area contributed by atoms with Crippen LogP contribution in [0.2, 0.25) is 0 Å². The molecule has 0 bridgehead atoms. The summed E-state index contributed by atoms with van der Waals surface area (Å²) in [5, 5.41) is 13.5. The zero-order valence-corrected chi connectivity index (χ0v) is 16.5. The molecule has 3 rings (SSSR count). The number of rotatable bonds is 6. The van der Waals surface area contributed by atoms with Gasteiger partial charge in [0, 0.05) is 5.92 Å². The molecule has 0 atom stereocenters. The number of halogens is 1. The molecular formula is C20H19FN4O2S. The quantitative estimate of drug-likeness (QED) is 0.267. The Morgan fingerprint density at radius 3 is 2.43 bits per heavy atom. The number of carbonyl (C=O) groups excluding carboxylic acids is 1. The molecule has 0 fully saturated rings. The molecule has 0 aliphatic rings. The van der Waals surface area contributed by atoms with E-state index in [0.717, 1.165) is 11.4 Å². The van der Waals surface area contributed by atoms with Gasteiger partial charge in [-0.15, -0.1) is 10.2 Å². The van der Waals surface area contributed by atoms with Gasteiger partial charge in [-0.2, -0.15) is 9.78 Å². The summed E-state index contributed by atoms with van der Waals surface area (Å²) in [4.78, 5) is 12.1. The van der Waals surface area contributed by atoms with Crippen LogP contribution in [0.5, 0.6) is 5.75 Å². The van der Waals surface area contributed by atoms with Crippen molar-refractivity contribution in [2.24, 2.45) is 5.10 Å². The van der Waals surface area contributed by atoms with Crippen molar-refractivity contribution in [1.29, 1.82) is 0 Å². The summed E-state index contributed by atoms with van der Waals surface area (Å²) >= 11 is 1.47. The predicted octanol–water partition coefficient (Wildman–Crippen LogP) is 4.36. The molecule has 3 aromatic rings. The molecule has 0 radical (unpaired) electrons. The van der Waals surface area contributed by atoms with Crippen LogP contribution in [-0.2, 0) is 0 Å². The van der Waals surface area contributed by atoms with Crippen molar-refractivity contribution >= 4 is 23.9 Å². The Labute approximate surface area is 166 Å². The molecule has 0 saturated heterocycles. The number of hydrogen-bond donors (Lipinski definition) is 0. The molecule has 0 unspecified atom stereocenters. The van der Waals surface area contributed by atoms with E-state index in [0.29, 0.717) is 10.9 Å². The average molecular weight is 398 g/mol. The summed E-state index contributed by atoms with van der Waals surface area (Å²) < 4.78 is 20.0. The van der Waals surface area contributed by atoms with Crippen LogP contribution in [-0.4, -0.2) is 33.3 Å². The van der Waals surface area contributed by atoms with Crippen molar-refractivity contribution in [2.75, 3.05) is 6.26 Å². The van der Waals surface area contributed by atoms with E-state index in [9.17, 15) is 9.18 Å².